The first-order valence-corrected chi connectivity index (χ1v) is 7.30. The lowest BCUT2D eigenvalue weighted by molar-refractivity contribution is 0.177. The van der Waals surface area contributed by atoms with Gasteiger partial charge in [-0.1, -0.05) is 29.3 Å². The number of ether oxygens (including phenoxy) is 1. The molecule has 0 unspecified atom stereocenters. The first-order valence-electron chi connectivity index (χ1n) is 6.54. The van der Waals surface area contributed by atoms with Crippen LogP contribution in [0.5, 0.6) is 0 Å². The maximum absolute atomic E-state index is 6.23. The third-order valence-electron chi connectivity index (χ3n) is 2.97. The van der Waals surface area contributed by atoms with Gasteiger partial charge in [-0.3, -0.25) is 0 Å². The Morgan fingerprint density at radius 2 is 2.00 bits per heavy atom. The predicted molar refractivity (Wildman–Crippen MR) is 86.0 cm³/mol. The third-order valence-corrected chi connectivity index (χ3v) is 3.53. The molecule has 0 bridgehead atoms. The van der Waals surface area contributed by atoms with Crippen molar-refractivity contribution < 1.29 is 4.74 Å². The Bertz CT molecular complexity index is 634. The second kappa shape index (κ2) is 7.07. The van der Waals surface area contributed by atoms with Gasteiger partial charge in [0.25, 0.3) is 0 Å². The predicted octanol–water partition coefficient (Wildman–Crippen LogP) is 4.41. The van der Waals surface area contributed by atoms with E-state index in [0.717, 1.165) is 17.1 Å². The quantitative estimate of drug-likeness (QED) is 0.884. The molecule has 1 aromatic heterocycles. The molecule has 4 nitrogen and oxygen atoms in total. The number of anilines is 1. The summed E-state index contributed by atoms with van der Waals surface area (Å²) in [6.07, 6.45) is 0. The van der Waals surface area contributed by atoms with Gasteiger partial charge in [0, 0.05) is 28.9 Å². The monoisotopic (exact) mass is 325 g/mol. The minimum Gasteiger partial charge on any atom is -0.377 e. The van der Waals surface area contributed by atoms with Crippen LogP contribution in [-0.4, -0.2) is 17.1 Å². The second-order valence-electron chi connectivity index (χ2n) is 4.78. The van der Waals surface area contributed by atoms with E-state index < -0.39 is 0 Å². The summed E-state index contributed by atoms with van der Waals surface area (Å²) in [4.78, 5) is 8.73. The van der Waals surface area contributed by atoms with E-state index in [-0.39, 0.29) is 6.04 Å². The van der Waals surface area contributed by atoms with Gasteiger partial charge in [-0.05, 0) is 31.5 Å². The van der Waals surface area contributed by atoms with E-state index >= 15 is 0 Å². The van der Waals surface area contributed by atoms with Gasteiger partial charge in [0.15, 0.2) is 5.82 Å². The van der Waals surface area contributed by atoms with E-state index in [2.05, 4.69) is 15.3 Å². The molecule has 2 rings (SSSR count). The molecule has 0 aliphatic carbocycles. The Balaban J connectivity index is 2.20. The minimum atomic E-state index is -0.000499. The van der Waals surface area contributed by atoms with Gasteiger partial charge < -0.3 is 10.1 Å². The Labute approximate surface area is 134 Å². The van der Waals surface area contributed by atoms with Crippen LogP contribution in [0.25, 0.3) is 0 Å². The molecule has 0 spiro atoms. The van der Waals surface area contributed by atoms with E-state index in [4.69, 9.17) is 27.9 Å². The van der Waals surface area contributed by atoms with Crippen LogP contribution in [0.2, 0.25) is 10.0 Å². The van der Waals surface area contributed by atoms with Crippen molar-refractivity contribution in [2.24, 2.45) is 0 Å². The Morgan fingerprint density at radius 1 is 1.24 bits per heavy atom. The van der Waals surface area contributed by atoms with Crippen molar-refractivity contribution in [1.29, 1.82) is 0 Å². The summed E-state index contributed by atoms with van der Waals surface area (Å²) in [5.41, 5.74) is 1.85. The molecule has 0 aliphatic rings. The van der Waals surface area contributed by atoms with Gasteiger partial charge in [-0.15, -0.1) is 0 Å². The van der Waals surface area contributed by atoms with Crippen molar-refractivity contribution in [3.8, 4) is 0 Å². The van der Waals surface area contributed by atoms with E-state index in [9.17, 15) is 0 Å². The van der Waals surface area contributed by atoms with Crippen LogP contribution in [-0.2, 0) is 11.3 Å². The van der Waals surface area contributed by atoms with Gasteiger partial charge in [0.05, 0.1) is 6.04 Å². The molecule has 0 radical (unpaired) electrons. The number of rotatable bonds is 5. The maximum Gasteiger partial charge on any atom is 0.156 e. The van der Waals surface area contributed by atoms with Gasteiger partial charge in [0.2, 0.25) is 0 Å². The fraction of sp³-hybridized carbons (Fsp3) is 0.333. The SMILES string of the molecule is COCc1nc(C)cc(N[C@@H](C)c2ccc(Cl)cc2Cl)n1. The summed E-state index contributed by atoms with van der Waals surface area (Å²) in [5.74, 6) is 1.39. The van der Waals surface area contributed by atoms with Crippen molar-refractivity contribution in [2.45, 2.75) is 26.5 Å². The van der Waals surface area contributed by atoms with Gasteiger partial charge in [-0.2, -0.15) is 0 Å². The molecule has 2 aromatic rings. The highest BCUT2D eigenvalue weighted by molar-refractivity contribution is 6.35. The fourth-order valence-corrected chi connectivity index (χ4v) is 2.62. The molecule has 1 heterocycles. The lowest BCUT2D eigenvalue weighted by Gasteiger charge is -2.17. The lowest BCUT2D eigenvalue weighted by Crippen LogP contribution is -2.11. The number of hydrogen-bond donors (Lipinski definition) is 1. The van der Waals surface area contributed by atoms with Crippen LogP contribution in [0.15, 0.2) is 24.3 Å². The van der Waals surface area contributed by atoms with Crippen molar-refractivity contribution in [3.05, 3.63) is 51.4 Å². The van der Waals surface area contributed by atoms with E-state index in [1.807, 2.05) is 32.0 Å². The Morgan fingerprint density at radius 3 is 2.67 bits per heavy atom. The molecular weight excluding hydrogens is 309 g/mol. The molecule has 0 saturated heterocycles. The summed E-state index contributed by atoms with van der Waals surface area (Å²) in [7, 11) is 1.62. The average molecular weight is 326 g/mol. The van der Waals surface area contributed by atoms with E-state index in [1.54, 1.807) is 13.2 Å². The summed E-state index contributed by atoms with van der Waals surface area (Å²) in [6, 6.07) is 7.35. The van der Waals surface area contributed by atoms with Crippen LogP contribution in [0.4, 0.5) is 5.82 Å². The standard InChI is InChI=1S/C15H17Cl2N3O/c1-9-6-14(20-15(18-9)8-21-3)19-10(2)12-5-4-11(16)7-13(12)17/h4-7,10H,8H2,1-3H3,(H,18,19,20)/t10-/m0/s1. The summed E-state index contributed by atoms with van der Waals surface area (Å²) in [6.45, 7) is 4.32. The molecule has 0 aliphatic heterocycles. The highest BCUT2D eigenvalue weighted by atomic mass is 35.5. The van der Waals surface area contributed by atoms with Crippen LogP contribution >= 0.6 is 23.2 Å². The zero-order valence-electron chi connectivity index (χ0n) is 12.2. The Hall–Kier alpha value is -1.36. The normalized spacial score (nSPS) is 12.2. The second-order valence-corrected chi connectivity index (χ2v) is 5.62. The number of nitrogens with one attached hydrogen (secondary N) is 1. The fourth-order valence-electron chi connectivity index (χ4n) is 2.05. The average Bonchev–Trinajstić information content (AvgIpc) is 2.37. The molecule has 1 aromatic carbocycles. The number of hydrogen-bond acceptors (Lipinski definition) is 4. The highest BCUT2D eigenvalue weighted by Gasteiger charge is 2.11. The first kappa shape index (κ1) is 16.0. The smallest absolute Gasteiger partial charge is 0.156 e. The highest BCUT2D eigenvalue weighted by Crippen LogP contribution is 2.28. The number of halogens is 2. The van der Waals surface area contributed by atoms with E-state index in [1.165, 1.54) is 0 Å². The van der Waals surface area contributed by atoms with Gasteiger partial charge in [-0.25, -0.2) is 9.97 Å². The number of aryl methyl sites for hydroxylation is 1. The topological polar surface area (TPSA) is 47.0 Å². The van der Waals surface area contributed by atoms with Gasteiger partial charge in [0.1, 0.15) is 12.4 Å². The van der Waals surface area contributed by atoms with Crippen molar-refractivity contribution in [1.82, 2.24) is 9.97 Å². The van der Waals surface area contributed by atoms with Crippen LogP contribution in [0.3, 0.4) is 0 Å². The molecule has 0 fully saturated rings. The summed E-state index contributed by atoms with van der Waals surface area (Å²) < 4.78 is 5.07. The largest absolute Gasteiger partial charge is 0.377 e. The lowest BCUT2D eigenvalue weighted by atomic mass is 10.1. The van der Waals surface area contributed by atoms with Crippen LogP contribution < -0.4 is 5.32 Å². The van der Waals surface area contributed by atoms with Crippen LogP contribution in [0.1, 0.15) is 30.0 Å². The van der Waals surface area contributed by atoms with E-state index in [0.29, 0.717) is 22.5 Å². The Kier molecular flexibility index (Phi) is 5.39. The van der Waals surface area contributed by atoms with Gasteiger partial charge >= 0.3 is 0 Å². The molecule has 0 amide bonds. The van der Waals surface area contributed by atoms with Crippen molar-refractivity contribution in [3.63, 3.8) is 0 Å². The molecule has 1 atom stereocenters. The first-order chi connectivity index (χ1) is 9.99. The maximum atomic E-state index is 6.23. The molecule has 0 saturated carbocycles. The molecular formula is C15H17Cl2N3O. The summed E-state index contributed by atoms with van der Waals surface area (Å²) >= 11 is 12.1. The zero-order chi connectivity index (χ0) is 15.4. The number of methoxy groups -OCH3 is 1. The van der Waals surface area contributed by atoms with Crippen LogP contribution in [0, 0.1) is 6.92 Å². The zero-order valence-corrected chi connectivity index (χ0v) is 13.7. The molecule has 1 N–H and O–H groups in total. The number of nitrogens with zero attached hydrogens (tertiary/aromatic N) is 2. The van der Waals surface area contributed by atoms with Crippen molar-refractivity contribution >= 4 is 29.0 Å². The third kappa shape index (κ3) is 4.30. The number of benzene rings is 1. The van der Waals surface area contributed by atoms with Crippen molar-refractivity contribution in [2.75, 3.05) is 12.4 Å². The molecule has 6 heteroatoms. The molecule has 21 heavy (non-hydrogen) atoms. The summed E-state index contributed by atoms with van der Waals surface area (Å²) in [5, 5.41) is 4.58. The minimum absolute atomic E-state index is 0.000499. The molecule has 112 valence electrons. The number of aromatic nitrogens is 2.